The van der Waals surface area contributed by atoms with Gasteiger partial charge in [0.2, 0.25) is 0 Å². The first kappa shape index (κ1) is 12.3. The van der Waals surface area contributed by atoms with Gasteiger partial charge in [-0.1, -0.05) is 6.92 Å². The first-order valence-electron chi connectivity index (χ1n) is 6.26. The number of hydrogen-bond donors (Lipinski definition) is 1. The van der Waals surface area contributed by atoms with E-state index in [4.69, 9.17) is 0 Å². The third-order valence-corrected chi connectivity index (χ3v) is 5.60. The van der Waals surface area contributed by atoms with E-state index in [1.807, 2.05) is 0 Å². The normalized spacial score (nSPS) is 35.3. The zero-order valence-electron chi connectivity index (χ0n) is 9.98. The van der Waals surface area contributed by atoms with Gasteiger partial charge in [0.25, 0.3) is 0 Å². The number of nitrogens with one attached hydrogen (secondary N) is 1. The number of nitrogens with zero attached hydrogens (tertiary/aromatic N) is 1. The molecule has 0 saturated carbocycles. The van der Waals surface area contributed by atoms with Crippen molar-refractivity contribution in [2.24, 2.45) is 5.92 Å². The van der Waals surface area contributed by atoms with E-state index in [0.29, 0.717) is 23.5 Å². The van der Waals surface area contributed by atoms with Crippen molar-refractivity contribution in [3.05, 3.63) is 0 Å². The Labute approximate surface area is 98.3 Å². The van der Waals surface area contributed by atoms with Crippen LogP contribution in [0, 0.1) is 5.92 Å². The summed E-state index contributed by atoms with van der Waals surface area (Å²) in [4.78, 5) is 2.47. The number of sulfone groups is 1. The van der Waals surface area contributed by atoms with Crippen molar-refractivity contribution >= 4 is 9.84 Å². The summed E-state index contributed by atoms with van der Waals surface area (Å²) in [7, 11) is -2.71. The van der Waals surface area contributed by atoms with Crippen LogP contribution in [-0.2, 0) is 9.84 Å². The lowest BCUT2D eigenvalue weighted by atomic mass is 10.0. The van der Waals surface area contributed by atoms with Gasteiger partial charge in [0, 0.05) is 32.2 Å². The summed E-state index contributed by atoms with van der Waals surface area (Å²) in [6.07, 6.45) is 2.01. The van der Waals surface area contributed by atoms with E-state index in [1.165, 1.54) is 0 Å². The predicted molar refractivity (Wildman–Crippen MR) is 65.3 cm³/mol. The average molecular weight is 246 g/mol. The van der Waals surface area contributed by atoms with Gasteiger partial charge in [-0.05, 0) is 18.8 Å². The molecule has 0 bridgehead atoms. The Hall–Kier alpha value is -0.130. The van der Waals surface area contributed by atoms with Crippen LogP contribution in [0.3, 0.4) is 0 Å². The van der Waals surface area contributed by atoms with Crippen LogP contribution in [0.15, 0.2) is 0 Å². The molecule has 1 N–H and O–H groups in total. The van der Waals surface area contributed by atoms with Crippen molar-refractivity contribution in [2.45, 2.75) is 25.8 Å². The summed E-state index contributed by atoms with van der Waals surface area (Å²) in [6, 6.07) is 0.594. The minimum absolute atomic E-state index is 0.372. The van der Waals surface area contributed by atoms with E-state index in [0.717, 1.165) is 39.0 Å². The molecule has 2 aliphatic rings. The molecule has 2 fully saturated rings. The molecule has 0 amide bonds. The third kappa shape index (κ3) is 2.96. The average Bonchev–Trinajstić information content (AvgIpc) is 2.59. The lowest BCUT2D eigenvalue weighted by molar-refractivity contribution is 0.138. The molecule has 2 saturated heterocycles. The van der Waals surface area contributed by atoms with Crippen molar-refractivity contribution < 1.29 is 8.42 Å². The molecule has 0 aromatic carbocycles. The van der Waals surface area contributed by atoms with Crippen LogP contribution >= 0.6 is 0 Å². The zero-order chi connectivity index (χ0) is 11.6. The van der Waals surface area contributed by atoms with Gasteiger partial charge in [-0.15, -0.1) is 0 Å². The minimum Gasteiger partial charge on any atom is -0.314 e. The number of hydrogen-bond acceptors (Lipinski definition) is 4. The van der Waals surface area contributed by atoms with Gasteiger partial charge < -0.3 is 5.32 Å². The molecule has 94 valence electrons. The van der Waals surface area contributed by atoms with Crippen LogP contribution < -0.4 is 5.32 Å². The fraction of sp³-hybridized carbons (Fsp3) is 1.00. The van der Waals surface area contributed by atoms with E-state index in [9.17, 15) is 8.42 Å². The van der Waals surface area contributed by atoms with E-state index in [1.54, 1.807) is 0 Å². The molecule has 2 unspecified atom stereocenters. The first-order valence-corrected chi connectivity index (χ1v) is 8.08. The van der Waals surface area contributed by atoms with E-state index >= 15 is 0 Å². The Morgan fingerprint density at radius 3 is 2.88 bits per heavy atom. The summed E-state index contributed by atoms with van der Waals surface area (Å²) in [6.45, 7) is 6.33. The van der Waals surface area contributed by atoms with Crippen LogP contribution in [0.2, 0.25) is 0 Å². The third-order valence-electron chi connectivity index (χ3n) is 3.76. The summed E-state index contributed by atoms with van der Waals surface area (Å²) in [5.41, 5.74) is 0. The van der Waals surface area contributed by atoms with Gasteiger partial charge >= 0.3 is 0 Å². The fourth-order valence-electron chi connectivity index (χ4n) is 2.79. The lowest BCUT2D eigenvalue weighted by Crippen LogP contribution is -2.52. The molecule has 0 spiro atoms. The monoisotopic (exact) mass is 246 g/mol. The Morgan fingerprint density at radius 1 is 1.44 bits per heavy atom. The van der Waals surface area contributed by atoms with E-state index in [2.05, 4.69) is 17.1 Å². The molecule has 16 heavy (non-hydrogen) atoms. The highest BCUT2D eigenvalue weighted by molar-refractivity contribution is 7.91. The van der Waals surface area contributed by atoms with E-state index in [-0.39, 0.29) is 0 Å². The number of piperazine rings is 1. The molecule has 0 aromatic rings. The molecule has 0 aliphatic carbocycles. The second kappa shape index (κ2) is 5.02. The molecule has 4 nitrogen and oxygen atoms in total. The van der Waals surface area contributed by atoms with Crippen LogP contribution in [0.25, 0.3) is 0 Å². The Balaban J connectivity index is 1.88. The maximum absolute atomic E-state index is 11.4. The highest BCUT2D eigenvalue weighted by Crippen LogP contribution is 2.21. The SMILES string of the molecule is CCC1CNCCN1CC1CCS(=O)(=O)C1. The summed E-state index contributed by atoms with van der Waals surface area (Å²) in [5.74, 6) is 1.19. The molecule has 0 aromatic heterocycles. The Kier molecular flexibility index (Phi) is 3.87. The smallest absolute Gasteiger partial charge is 0.150 e. The summed E-state index contributed by atoms with van der Waals surface area (Å²) >= 11 is 0. The molecule has 2 heterocycles. The van der Waals surface area contributed by atoms with Crippen molar-refractivity contribution in [3.63, 3.8) is 0 Å². The maximum Gasteiger partial charge on any atom is 0.150 e. The van der Waals surface area contributed by atoms with Gasteiger partial charge in [-0.25, -0.2) is 8.42 Å². The second-order valence-electron chi connectivity index (χ2n) is 5.03. The topological polar surface area (TPSA) is 49.4 Å². The van der Waals surface area contributed by atoms with Crippen molar-refractivity contribution in [1.82, 2.24) is 10.2 Å². The van der Waals surface area contributed by atoms with Gasteiger partial charge in [-0.3, -0.25) is 4.90 Å². The van der Waals surface area contributed by atoms with Crippen molar-refractivity contribution in [3.8, 4) is 0 Å². The highest BCUT2D eigenvalue weighted by Gasteiger charge is 2.31. The fourth-order valence-corrected chi connectivity index (χ4v) is 4.64. The Bertz CT molecular complexity index is 329. The van der Waals surface area contributed by atoms with Crippen LogP contribution in [0.4, 0.5) is 0 Å². The number of rotatable bonds is 3. The van der Waals surface area contributed by atoms with Gasteiger partial charge in [0.15, 0.2) is 9.84 Å². The second-order valence-corrected chi connectivity index (χ2v) is 7.26. The van der Waals surface area contributed by atoms with Gasteiger partial charge in [0.05, 0.1) is 11.5 Å². The maximum atomic E-state index is 11.4. The largest absolute Gasteiger partial charge is 0.314 e. The van der Waals surface area contributed by atoms with Crippen LogP contribution in [0.5, 0.6) is 0 Å². The molecular weight excluding hydrogens is 224 g/mol. The summed E-state index contributed by atoms with van der Waals surface area (Å²) < 4.78 is 22.8. The molecule has 2 aliphatic heterocycles. The molecule has 2 rings (SSSR count). The Morgan fingerprint density at radius 2 is 2.25 bits per heavy atom. The molecule has 5 heteroatoms. The highest BCUT2D eigenvalue weighted by atomic mass is 32.2. The van der Waals surface area contributed by atoms with Crippen LogP contribution in [-0.4, -0.2) is 57.0 Å². The first-order chi connectivity index (χ1) is 7.61. The predicted octanol–water partition coefficient (Wildman–Crippen LogP) is 0.105. The summed E-state index contributed by atoms with van der Waals surface area (Å²) in [5, 5.41) is 3.40. The van der Waals surface area contributed by atoms with Gasteiger partial charge in [0.1, 0.15) is 0 Å². The van der Waals surface area contributed by atoms with Crippen molar-refractivity contribution in [2.75, 3.05) is 37.7 Å². The van der Waals surface area contributed by atoms with E-state index < -0.39 is 9.84 Å². The van der Waals surface area contributed by atoms with Crippen LogP contribution in [0.1, 0.15) is 19.8 Å². The minimum atomic E-state index is -2.71. The molecular formula is C11H22N2O2S. The molecule has 0 radical (unpaired) electrons. The lowest BCUT2D eigenvalue weighted by Gasteiger charge is -2.37. The molecule has 2 atom stereocenters. The van der Waals surface area contributed by atoms with Gasteiger partial charge in [-0.2, -0.15) is 0 Å². The zero-order valence-corrected chi connectivity index (χ0v) is 10.8. The standard InChI is InChI=1S/C11H22N2O2S/c1-2-11-7-12-4-5-13(11)8-10-3-6-16(14,15)9-10/h10-12H,2-9H2,1H3. The quantitative estimate of drug-likeness (QED) is 0.767. The van der Waals surface area contributed by atoms with Crippen molar-refractivity contribution in [1.29, 1.82) is 0 Å².